The fourth-order valence-electron chi connectivity index (χ4n) is 2.57. The number of aryl methyl sites for hydroxylation is 1. The summed E-state index contributed by atoms with van der Waals surface area (Å²) in [6.07, 6.45) is 2.63. The van der Waals surface area contributed by atoms with Crippen LogP contribution >= 0.6 is 0 Å². The normalized spacial score (nSPS) is 19.2. The van der Waals surface area contributed by atoms with Crippen molar-refractivity contribution in [2.75, 3.05) is 26.7 Å². The SMILES string of the molecule is CNCC1CCN(C(=O)CCc2ccccc2)C1. The Kier molecular flexibility index (Phi) is 4.76. The lowest BCUT2D eigenvalue weighted by molar-refractivity contribution is -0.130. The number of benzene rings is 1. The largest absolute Gasteiger partial charge is 0.342 e. The Hall–Kier alpha value is -1.35. The van der Waals surface area contributed by atoms with Gasteiger partial charge in [0, 0.05) is 19.5 Å². The first-order valence-corrected chi connectivity index (χ1v) is 6.76. The van der Waals surface area contributed by atoms with Crippen molar-refractivity contribution in [2.45, 2.75) is 19.3 Å². The average Bonchev–Trinajstić information content (AvgIpc) is 2.86. The lowest BCUT2D eigenvalue weighted by atomic mass is 10.1. The van der Waals surface area contributed by atoms with E-state index in [0.717, 1.165) is 32.5 Å². The zero-order chi connectivity index (χ0) is 12.8. The number of nitrogens with one attached hydrogen (secondary N) is 1. The maximum atomic E-state index is 12.1. The second-order valence-corrected chi connectivity index (χ2v) is 5.04. The molecule has 18 heavy (non-hydrogen) atoms. The molecule has 1 aliphatic rings. The van der Waals surface area contributed by atoms with Gasteiger partial charge in [-0.05, 0) is 37.9 Å². The van der Waals surface area contributed by atoms with Gasteiger partial charge >= 0.3 is 0 Å². The third-order valence-electron chi connectivity index (χ3n) is 3.60. The summed E-state index contributed by atoms with van der Waals surface area (Å²) in [5.41, 5.74) is 1.25. The third-order valence-corrected chi connectivity index (χ3v) is 3.60. The van der Waals surface area contributed by atoms with Crippen molar-refractivity contribution in [1.82, 2.24) is 10.2 Å². The fraction of sp³-hybridized carbons (Fsp3) is 0.533. The minimum atomic E-state index is 0.303. The van der Waals surface area contributed by atoms with Crippen LogP contribution in [0.2, 0.25) is 0 Å². The Morgan fingerprint density at radius 1 is 1.39 bits per heavy atom. The Labute approximate surface area is 109 Å². The lowest BCUT2D eigenvalue weighted by Gasteiger charge is -2.16. The van der Waals surface area contributed by atoms with E-state index < -0.39 is 0 Å². The van der Waals surface area contributed by atoms with Gasteiger partial charge in [-0.1, -0.05) is 30.3 Å². The zero-order valence-corrected chi connectivity index (χ0v) is 11.1. The fourth-order valence-corrected chi connectivity index (χ4v) is 2.57. The molecule has 0 saturated carbocycles. The standard InChI is InChI=1S/C15H22N2O/c1-16-11-14-9-10-17(12-14)15(18)8-7-13-5-3-2-4-6-13/h2-6,14,16H,7-12H2,1H3. The van der Waals surface area contributed by atoms with Gasteiger partial charge in [0.15, 0.2) is 0 Å². The molecule has 1 atom stereocenters. The first kappa shape index (κ1) is 13.1. The first-order valence-electron chi connectivity index (χ1n) is 6.76. The minimum absolute atomic E-state index is 0.303. The molecule has 1 fully saturated rings. The molecular weight excluding hydrogens is 224 g/mol. The Balaban J connectivity index is 1.76. The summed E-state index contributed by atoms with van der Waals surface area (Å²) < 4.78 is 0. The van der Waals surface area contributed by atoms with E-state index in [-0.39, 0.29) is 0 Å². The van der Waals surface area contributed by atoms with Crippen molar-refractivity contribution in [3.05, 3.63) is 35.9 Å². The number of carbonyl (C=O) groups is 1. The second kappa shape index (κ2) is 6.55. The third kappa shape index (κ3) is 3.57. The summed E-state index contributed by atoms with van der Waals surface area (Å²) >= 11 is 0. The lowest BCUT2D eigenvalue weighted by Crippen LogP contribution is -2.30. The van der Waals surface area contributed by atoms with Gasteiger partial charge in [0.2, 0.25) is 5.91 Å². The van der Waals surface area contributed by atoms with Crippen molar-refractivity contribution in [1.29, 1.82) is 0 Å². The highest BCUT2D eigenvalue weighted by Gasteiger charge is 2.25. The molecule has 3 heteroatoms. The molecule has 0 aromatic heterocycles. The summed E-state index contributed by atoms with van der Waals surface area (Å²) in [6.45, 7) is 2.87. The van der Waals surface area contributed by atoms with Crippen LogP contribution in [0.25, 0.3) is 0 Å². The topological polar surface area (TPSA) is 32.3 Å². The van der Waals surface area contributed by atoms with Gasteiger partial charge in [0.1, 0.15) is 0 Å². The van der Waals surface area contributed by atoms with Crippen LogP contribution in [0.15, 0.2) is 30.3 Å². The van der Waals surface area contributed by atoms with Crippen LogP contribution in [0.3, 0.4) is 0 Å². The predicted molar refractivity (Wildman–Crippen MR) is 73.4 cm³/mol. The average molecular weight is 246 g/mol. The molecule has 0 aliphatic carbocycles. The van der Waals surface area contributed by atoms with E-state index in [9.17, 15) is 4.79 Å². The van der Waals surface area contributed by atoms with Gasteiger partial charge in [-0.25, -0.2) is 0 Å². The van der Waals surface area contributed by atoms with Crippen LogP contribution in [0.4, 0.5) is 0 Å². The molecule has 0 radical (unpaired) electrons. The van der Waals surface area contributed by atoms with Crippen LogP contribution in [0, 0.1) is 5.92 Å². The molecule has 2 rings (SSSR count). The zero-order valence-electron chi connectivity index (χ0n) is 11.1. The molecule has 1 amide bonds. The molecule has 0 spiro atoms. The van der Waals surface area contributed by atoms with E-state index in [2.05, 4.69) is 17.4 Å². The number of nitrogens with zero attached hydrogens (tertiary/aromatic N) is 1. The number of amides is 1. The van der Waals surface area contributed by atoms with Crippen molar-refractivity contribution in [2.24, 2.45) is 5.92 Å². The Bertz CT molecular complexity index is 377. The van der Waals surface area contributed by atoms with Gasteiger partial charge < -0.3 is 10.2 Å². The quantitative estimate of drug-likeness (QED) is 0.857. The number of hydrogen-bond acceptors (Lipinski definition) is 2. The molecule has 0 bridgehead atoms. The van der Waals surface area contributed by atoms with Crippen molar-refractivity contribution in [3.8, 4) is 0 Å². The van der Waals surface area contributed by atoms with Crippen molar-refractivity contribution >= 4 is 5.91 Å². The number of carbonyl (C=O) groups excluding carboxylic acids is 1. The van der Waals surface area contributed by atoms with Crippen LogP contribution in [-0.2, 0) is 11.2 Å². The molecule has 3 nitrogen and oxygen atoms in total. The van der Waals surface area contributed by atoms with Crippen molar-refractivity contribution in [3.63, 3.8) is 0 Å². The smallest absolute Gasteiger partial charge is 0.222 e. The highest BCUT2D eigenvalue weighted by atomic mass is 16.2. The summed E-state index contributed by atoms with van der Waals surface area (Å²) in [5.74, 6) is 0.938. The van der Waals surface area contributed by atoms with Gasteiger partial charge in [-0.2, -0.15) is 0 Å². The first-order chi connectivity index (χ1) is 8.79. The molecule has 1 aliphatic heterocycles. The van der Waals surface area contributed by atoms with E-state index in [1.807, 2.05) is 30.1 Å². The summed E-state index contributed by atoms with van der Waals surface area (Å²) in [4.78, 5) is 14.1. The Morgan fingerprint density at radius 2 is 2.17 bits per heavy atom. The van der Waals surface area contributed by atoms with Gasteiger partial charge in [-0.15, -0.1) is 0 Å². The highest BCUT2D eigenvalue weighted by molar-refractivity contribution is 5.76. The van der Waals surface area contributed by atoms with Gasteiger partial charge in [-0.3, -0.25) is 4.79 Å². The number of hydrogen-bond donors (Lipinski definition) is 1. The maximum absolute atomic E-state index is 12.1. The molecule has 1 unspecified atom stereocenters. The predicted octanol–water partition coefficient (Wildman–Crippen LogP) is 1.69. The van der Waals surface area contributed by atoms with Gasteiger partial charge in [0.25, 0.3) is 0 Å². The molecular formula is C15H22N2O. The van der Waals surface area contributed by atoms with Crippen LogP contribution in [-0.4, -0.2) is 37.5 Å². The monoisotopic (exact) mass is 246 g/mol. The van der Waals surface area contributed by atoms with Crippen LogP contribution < -0.4 is 5.32 Å². The molecule has 1 heterocycles. The van der Waals surface area contributed by atoms with Gasteiger partial charge in [0.05, 0.1) is 0 Å². The van der Waals surface area contributed by atoms with E-state index in [1.165, 1.54) is 5.56 Å². The molecule has 1 saturated heterocycles. The minimum Gasteiger partial charge on any atom is -0.342 e. The molecule has 1 aromatic carbocycles. The van der Waals surface area contributed by atoms with E-state index in [1.54, 1.807) is 0 Å². The molecule has 1 N–H and O–H groups in total. The molecule has 98 valence electrons. The summed E-state index contributed by atoms with van der Waals surface area (Å²) in [6, 6.07) is 10.2. The van der Waals surface area contributed by atoms with Crippen LogP contribution in [0.5, 0.6) is 0 Å². The van der Waals surface area contributed by atoms with E-state index in [4.69, 9.17) is 0 Å². The maximum Gasteiger partial charge on any atom is 0.222 e. The Morgan fingerprint density at radius 3 is 2.89 bits per heavy atom. The van der Waals surface area contributed by atoms with Crippen LogP contribution in [0.1, 0.15) is 18.4 Å². The van der Waals surface area contributed by atoms with Crippen molar-refractivity contribution < 1.29 is 4.79 Å². The highest BCUT2D eigenvalue weighted by Crippen LogP contribution is 2.16. The summed E-state index contributed by atoms with van der Waals surface area (Å²) in [7, 11) is 1.97. The molecule has 1 aromatic rings. The number of rotatable bonds is 5. The summed E-state index contributed by atoms with van der Waals surface area (Å²) in [5, 5.41) is 3.19. The van der Waals surface area contributed by atoms with E-state index in [0.29, 0.717) is 18.2 Å². The number of likely N-dealkylation sites (tertiary alicyclic amines) is 1. The second-order valence-electron chi connectivity index (χ2n) is 5.04. The van der Waals surface area contributed by atoms with E-state index >= 15 is 0 Å².